The van der Waals surface area contributed by atoms with Gasteiger partial charge in [-0.05, 0) is 38.0 Å². The fourth-order valence-electron chi connectivity index (χ4n) is 2.38. The number of carbonyl (C=O) groups is 1. The van der Waals surface area contributed by atoms with Crippen molar-refractivity contribution in [2.24, 2.45) is 7.05 Å². The molecule has 0 radical (unpaired) electrons. The smallest absolute Gasteiger partial charge is 0.163 e. The van der Waals surface area contributed by atoms with Crippen LogP contribution in [0.25, 0.3) is 11.0 Å². The van der Waals surface area contributed by atoms with Gasteiger partial charge in [0.05, 0.1) is 11.0 Å². The molecule has 2 aromatic rings. The molecule has 20 heavy (non-hydrogen) atoms. The number of ketones is 1. The maximum absolute atomic E-state index is 12.1. The van der Waals surface area contributed by atoms with E-state index in [2.05, 4.69) is 4.98 Å². The molecule has 1 aromatic carbocycles. The van der Waals surface area contributed by atoms with Crippen LogP contribution in [0.4, 0.5) is 0 Å². The zero-order valence-corrected chi connectivity index (χ0v) is 12.7. The minimum Gasteiger partial charge on any atom is -0.374 e. The number of rotatable bonds is 6. The van der Waals surface area contributed by atoms with Crippen LogP contribution in [0.15, 0.2) is 12.1 Å². The lowest BCUT2D eigenvalue weighted by atomic mass is 10.0. The van der Waals surface area contributed by atoms with Gasteiger partial charge in [0, 0.05) is 25.6 Å². The Hall–Kier alpha value is -1.68. The highest BCUT2D eigenvalue weighted by Crippen LogP contribution is 2.22. The van der Waals surface area contributed by atoms with Gasteiger partial charge >= 0.3 is 0 Å². The Morgan fingerprint density at radius 3 is 2.75 bits per heavy atom. The Morgan fingerprint density at radius 1 is 1.35 bits per heavy atom. The first kappa shape index (κ1) is 14.7. The molecule has 4 nitrogen and oxygen atoms in total. The number of fused-ring (bicyclic) bond motifs is 1. The maximum Gasteiger partial charge on any atom is 0.163 e. The summed E-state index contributed by atoms with van der Waals surface area (Å²) in [5.74, 6) is 1.09. The van der Waals surface area contributed by atoms with E-state index in [1.54, 1.807) is 0 Å². The van der Waals surface area contributed by atoms with Gasteiger partial charge in [0.1, 0.15) is 12.4 Å². The van der Waals surface area contributed by atoms with Crippen LogP contribution in [-0.2, 0) is 18.4 Å². The summed E-state index contributed by atoms with van der Waals surface area (Å²) in [7, 11) is 1.98. The molecule has 0 N–H and O–H groups in total. The van der Waals surface area contributed by atoms with Gasteiger partial charge in [0.15, 0.2) is 5.78 Å². The van der Waals surface area contributed by atoms with Crippen LogP contribution in [0.5, 0.6) is 0 Å². The average Bonchev–Trinajstić information content (AvgIpc) is 2.72. The van der Waals surface area contributed by atoms with E-state index in [4.69, 9.17) is 4.74 Å². The highest BCUT2D eigenvalue weighted by Gasteiger charge is 2.14. The lowest BCUT2D eigenvalue weighted by Gasteiger charge is -2.05. The van der Waals surface area contributed by atoms with Gasteiger partial charge in [-0.3, -0.25) is 4.79 Å². The van der Waals surface area contributed by atoms with Crippen molar-refractivity contribution in [1.82, 2.24) is 9.55 Å². The molecular weight excluding hydrogens is 252 g/mol. The third kappa shape index (κ3) is 2.75. The number of aryl methyl sites for hydroxylation is 2. The second kappa shape index (κ2) is 6.18. The first-order valence-corrected chi connectivity index (χ1v) is 7.15. The highest BCUT2D eigenvalue weighted by atomic mass is 16.5. The van der Waals surface area contributed by atoms with Crippen LogP contribution in [-0.4, -0.2) is 21.9 Å². The van der Waals surface area contributed by atoms with E-state index in [0.717, 1.165) is 34.4 Å². The van der Waals surface area contributed by atoms with Crippen LogP contribution in [0.1, 0.15) is 48.4 Å². The Labute approximate surface area is 119 Å². The third-order valence-corrected chi connectivity index (χ3v) is 3.53. The van der Waals surface area contributed by atoms with Crippen molar-refractivity contribution < 1.29 is 9.53 Å². The molecule has 0 amide bonds. The molecule has 2 rings (SSSR count). The number of benzene rings is 1. The standard InChI is InChI=1S/C16H22N2O2/c1-5-7-15(19)12-9-13-14(8-11(12)3)18(4)16(17-13)10-20-6-2/h8-9H,5-7,10H2,1-4H3. The van der Waals surface area contributed by atoms with Crippen molar-refractivity contribution in [2.45, 2.75) is 40.2 Å². The fraction of sp³-hybridized carbons (Fsp3) is 0.500. The summed E-state index contributed by atoms with van der Waals surface area (Å²) < 4.78 is 7.46. The van der Waals surface area contributed by atoms with Gasteiger partial charge in [0.2, 0.25) is 0 Å². The summed E-state index contributed by atoms with van der Waals surface area (Å²) in [6.07, 6.45) is 1.46. The monoisotopic (exact) mass is 274 g/mol. The van der Waals surface area contributed by atoms with E-state index < -0.39 is 0 Å². The largest absolute Gasteiger partial charge is 0.374 e. The molecule has 0 atom stereocenters. The molecule has 1 heterocycles. The number of ether oxygens (including phenoxy) is 1. The van der Waals surface area contributed by atoms with Crippen LogP contribution in [0, 0.1) is 6.92 Å². The van der Waals surface area contributed by atoms with E-state index >= 15 is 0 Å². The highest BCUT2D eigenvalue weighted by molar-refractivity contribution is 6.00. The second-order valence-electron chi connectivity index (χ2n) is 5.05. The first-order valence-electron chi connectivity index (χ1n) is 7.15. The molecule has 108 valence electrons. The molecule has 4 heteroatoms. The lowest BCUT2D eigenvalue weighted by Crippen LogP contribution is -2.02. The molecule has 0 aliphatic rings. The Morgan fingerprint density at radius 2 is 2.10 bits per heavy atom. The fourth-order valence-corrected chi connectivity index (χ4v) is 2.38. The van der Waals surface area contributed by atoms with Crippen molar-refractivity contribution in [2.75, 3.05) is 6.61 Å². The normalized spacial score (nSPS) is 11.2. The van der Waals surface area contributed by atoms with Crippen LogP contribution in [0.3, 0.4) is 0 Å². The van der Waals surface area contributed by atoms with Gasteiger partial charge in [-0.1, -0.05) is 6.92 Å². The van der Waals surface area contributed by atoms with Crippen molar-refractivity contribution in [3.63, 3.8) is 0 Å². The van der Waals surface area contributed by atoms with Crippen molar-refractivity contribution in [3.8, 4) is 0 Å². The van der Waals surface area contributed by atoms with Gasteiger partial charge in [0.25, 0.3) is 0 Å². The topological polar surface area (TPSA) is 44.1 Å². The molecule has 0 bridgehead atoms. The van der Waals surface area contributed by atoms with E-state index in [-0.39, 0.29) is 5.78 Å². The molecule has 0 aliphatic heterocycles. The molecule has 1 aromatic heterocycles. The summed E-state index contributed by atoms with van der Waals surface area (Å²) in [5.41, 5.74) is 3.72. The average molecular weight is 274 g/mol. The van der Waals surface area contributed by atoms with E-state index in [0.29, 0.717) is 19.6 Å². The third-order valence-electron chi connectivity index (χ3n) is 3.53. The van der Waals surface area contributed by atoms with Crippen LogP contribution >= 0.6 is 0 Å². The predicted octanol–water partition coefficient (Wildman–Crippen LogP) is 3.40. The van der Waals surface area contributed by atoms with Gasteiger partial charge < -0.3 is 9.30 Å². The van der Waals surface area contributed by atoms with E-state index in [1.807, 2.05) is 44.5 Å². The summed E-state index contributed by atoms with van der Waals surface area (Å²) >= 11 is 0. The zero-order chi connectivity index (χ0) is 14.7. The SMILES string of the molecule is CCCC(=O)c1cc2nc(COCC)n(C)c2cc1C. The molecule has 0 saturated heterocycles. The molecule has 0 spiro atoms. The van der Waals surface area contributed by atoms with Gasteiger partial charge in [-0.15, -0.1) is 0 Å². The summed E-state index contributed by atoms with van der Waals surface area (Å²) in [6.45, 7) is 7.14. The predicted molar refractivity (Wildman–Crippen MR) is 80.0 cm³/mol. The quantitative estimate of drug-likeness (QED) is 0.758. The Kier molecular flexibility index (Phi) is 4.55. The summed E-state index contributed by atoms with van der Waals surface area (Å²) in [5, 5.41) is 0. The van der Waals surface area contributed by atoms with Crippen LogP contribution in [0.2, 0.25) is 0 Å². The first-order chi connectivity index (χ1) is 9.58. The van der Waals surface area contributed by atoms with Gasteiger partial charge in [-0.2, -0.15) is 0 Å². The maximum atomic E-state index is 12.1. The molecule has 0 aliphatic carbocycles. The number of carbonyl (C=O) groups excluding carboxylic acids is 1. The van der Waals surface area contributed by atoms with E-state index in [1.165, 1.54) is 0 Å². The van der Waals surface area contributed by atoms with E-state index in [9.17, 15) is 4.79 Å². The number of aromatic nitrogens is 2. The van der Waals surface area contributed by atoms with Crippen LogP contribution < -0.4 is 0 Å². The number of nitrogens with zero attached hydrogens (tertiary/aromatic N) is 2. The number of hydrogen-bond acceptors (Lipinski definition) is 3. The number of Topliss-reactive ketones (excluding diaryl/α,β-unsaturated/α-hetero) is 1. The van der Waals surface area contributed by atoms with Crippen molar-refractivity contribution in [3.05, 3.63) is 29.1 Å². The summed E-state index contributed by atoms with van der Waals surface area (Å²) in [4.78, 5) is 16.7. The minimum absolute atomic E-state index is 0.198. The van der Waals surface area contributed by atoms with Crippen molar-refractivity contribution in [1.29, 1.82) is 0 Å². The zero-order valence-electron chi connectivity index (χ0n) is 12.7. The number of hydrogen-bond donors (Lipinski definition) is 0. The molecule has 0 unspecified atom stereocenters. The number of imidazole rings is 1. The summed E-state index contributed by atoms with van der Waals surface area (Å²) in [6, 6.07) is 3.96. The van der Waals surface area contributed by atoms with Gasteiger partial charge in [-0.25, -0.2) is 4.98 Å². The molecule has 0 fully saturated rings. The lowest BCUT2D eigenvalue weighted by molar-refractivity contribution is 0.0981. The Balaban J connectivity index is 2.45. The molecule has 0 saturated carbocycles. The molecular formula is C16H22N2O2. The Bertz CT molecular complexity index is 629. The second-order valence-corrected chi connectivity index (χ2v) is 5.05. The van der Waals surface area contributed by atoms with Crippen molar-refractivity contribution >= 4 is 16.8 Å². The minimum atomic E-state index is 0.198.